The van der Waals surface area contributed by atoms with Crippen molar-refractivity contribution in [3.8, 4) is 0 Å². The van der Waals surface area contributed by atoms with Crippen molar-refractivity contribution >= 4 is 6.08 Å². The molecule has 0 aliphatic heterocycles. The molecule has 1 heteroatoms. The third kappa shape index (κ3) is 2.94. The van der Waals surface area contributed by atoms with E-state index in [2.05, 4.69) is 39.5 Å². The van der Waals surface area contributed by atoms with Gasteiger partial charge in [-0.15, -0.1) is 0 Å². The first-order chi connectivity index (χ1) is 7.38. The van der Waals surface area contributed by atoms with E-state index in [0.717, 1.165) is 17.0 Å². The van der Waals surface area contributed by atoms with E-state index >= 15 is 0 Å². The van der Waals surface area contributed by atoms with Crippen LogP contribution in [-0.4, -0.2) is 6.67 Å². The molecular formula is C15H20F. The summed E-state index contributed by atoms with van der Waals surface area (Å²) >= 11 is 0. The van der Waals surface area contributed by atoms with Gasteiger partial charge in [-0.3, -0.25) is 4.39 Å². The predicted octanol–water partition coefficient (Wildman–Crippen LogP) is 4.54. The second-order valence-corrected chi connectivity index (χ2v) is 5.21. The van der Waals surface area contributed by atoms with Gasteiger partial charge in [0.25, 0.3) is 0 Å². The normalized spacial score (nSPS) is 11.9. The third-order valence-electron chi connectivity index (χ3n) is 2.75. The van der Waals surface area contributed by atoms with Crippen LogP contribution in [0.5, 0.6) is 0 Å². The summed E-state index contributed by atoms with van der Waals surface area (Å²) in [5.41, 5.74) is 3.32. The van der Waals surface area contributed by atoms with Gasteiger partial charge in [-0.1, -0.05) is 58.5 Å². The first-order valence-electron chi connectivity index (χ1n) is 5.55. The summed E-state index contributed by atoms with van der Waals surface area (Å²) in [6.45, 7) is 11.7. The molecule has 1 radical (unpaired) electrons. The minimum Gasteiger partial charge on any atom is -0.250 e. The molecule has 1 aromatic rings. The minimum absolute atomic E-state index is 0.0738. The standard InChI is InChI=1S/C15H20F/c1-6-12-7-13(11(2)10-16)9-14(8-12)15(3,4)5/h6-9H,1,10H2,2-5H3. The van der Waals surface area contributed by atoms with Gasteiger partial charge in [0, 0.05) is 5.92 Å². The van der Waals surface area contributed by atoms with E-state index in [0.29, 0.717) is 0 Å². The maximum absolute atomic E-state index is 12.7. The molecular weight excluding hydrogens is 199 g/mol. The number of hydrogen-bond donors (Lipinski definition) is 0. The van der Waals surface area contributed by atoms with Crippen LogP contribution in [0.2, 0.25) is 0 Å². The third-order valence-corrected chi connectivity index (χ3v) is 2.75. The fourth-order valence-corrected chi connectivity index (χ4v) is 1.53. The molecule has 16 heavy (non-hydrogen) atoms. The minimum atomic E-state index is -0.399. The van der Waals surface area contributed by atoms with Crippen LogP contribution < -0.4 is 0 Å². The van der Waals surface area contributed by atoms with Crippen LogP contribution in [0.25, 0.3) is 6.08 Å². The van der Waals surface area contributed by atoms with Crippen LogP contribution >= 0.6 is 0 Å². The molecule has 0 aliphatic carbocycles. The van der Waals surface area contributed by atoms with E-state index in [9.17, 15) is 4.39 Å². The van der Waals surface area contributed by atoms with Crippen LogP contribution in [0.3, 0.4) is 0 Å². The summed E-state index contributed by atoms with van der Waals surface area (Å²) < 4.78 is 12.7. The lowest BCUT2D eigenvalue weighted by Gasteiger charge is -2.21. The van der Waals surface area contributed by atoms with E-state index in [1.807, 2.05) is 19.1 Å². The largest absolute Gasteiger partial charge is 0.250 e. The number of hydrogen-bond acceptors (Lipinski definition) is 0. The molecule has 0 saturated heterocycles. The Morgan fingerprint density at radius 3 is 2.38 bits per heavy atom. The second-order valence-electron chi connectivity index (χ2n) is 5.21. The van der Waals surface area contributed by atoms with Gasteiger partial charge in [0.1, 0.15) is 0 Å². The summed E-state index contributed by atoms with van der Waals surface area (Å²) in [4.78, 5) is 0. The molecule has 0 amide bonds. The molecule has 0 fully saturated rings. The fourth-order valence-electron chi connectivity index (χ4n) is 1.53. The first-order valence-corrected chi connectivity index (χ1v) is 5.55. The van der Waals surface area contributed by atoms with E-state index < -0.39 is 6.67 Å². The summed E-state index contributed by atoms with van der Waals surface area (Å²) in [5.74, 6) is 0.772. The smallest absolute Gasteiger partial charge is 0.0997 e. The van der Waals surface area contributed by atoms with Crippen molar-refractivity contribution in [2.75, 3.05) is 6.67 Å². The first kappa shape index (κ1) is 13.0. The zero-order valence-electron chi connectivity index (χ0n) is 10.6. The van der Waals surface area contributed by atoms with Crippen molar-refractivity contribution in [2.45, 2.75) is 33.1 Å². The van der Waals surface area contributed by atoms with Crippen molar-refractivity contribution in [1.29, 1.82) is 0 Å². The van der Waals surface area contributed by atoms with Crippen molar-refractivity contribution in [2.24, 2.45) is 0 Å². The van der Waals surface area contributed by atoms with E-state index in [-0.39, 0.29) is 5.41 Å². The van der Waals surface area contributed by atoms with Crippen LogP contribution in [0.1, 0.15) is 44.4 Å². The van der Waals surface area contributed by atoms with E-state index in [1.165, 1.54) is 5.56 Å². The number of halogens is 1. The average molecular weight is 219 g/mol. The number of rotatable bonds is 3. The summed E-state index contributed by atoms with van der Waals surface area (Å²) in [6, 6.07) is 6.17. The van der Waals surface area contributed by atoms with E-state index in [1.54, 1.807) is 0 Å². The SMILES string of the molecule is C=Cc1cc([C](C)CF)cc(C(C)(C)C)c1. The molecule has 0 bridgehead atoms. The quantitative estimate of drug-likeness (QED) is 0.700. The summed E-state index contributed by atoms with van der Waals surface area (Å²) in [7, 11) is 0. The molecule has 0 heterocycles. The molecule has 1 aromatic carbocycles. The maximum Gasteiger partial charge on any atom is 0.0997 e. The highest BCUT2D eigenvalue weighted by molar-refractivity contribution is 5.53. The zero-order chi connectivity index (χ0) is 12.3. The topological polar surface area (TPSA) is 0 Å². The number of alkyl halides is 1. The Kier molecular flexibility index (Phi) is 3.90. The van der Waals surface area contributed by atoms with Crippen molar-refractivity contribution in [1.82, 2.24) is 0 Å². The van der Waals surface area contributed by atoms with Crippen molar-refractivity contribution < 1.29 is 4.39 Å². The summed E-state index contributed by atoms with van der Waals surface area (Å²) in [5, 5.41) is 0. The summed E-state index contributed by atoms with van der Waals surface area (Å²) in [6.07, 6.45) is 1.81. The number of benzene rings is 1. The Labute approximate surface area is 98.2 Å². The van der Waals surface area contributed by atoms with E-state index in [4.69, 9.17) is 0 Å². The molecule has 0 aliphatic rings. The lowest BCUT2D eigenvalue weighted by Crippen LogP contribution is -2.12. The Morgan fingerprint density at radius 1 is 1.31 bits per heavy atom. The van der Waals surface area contributed by atoms with Gasteiger partial charge in [0.2, 0.25) is 0 Å². The average Bonchev–Trinajstić information content (AvgIpc) is 2.26. The monoisotopic (exact) mass is 219 g/mol. The predicted molar refractivity (Wildman–Crippen MR) is 69.2 cm³/mol. The van der Waals surface area contributed by atoms with Gasteiger partial charge < -0.3 is 0 Å². The highest BCUT2D eigenvalue weighted by Crippen LogP contribution is 2.27. The van der Waals surface area contributed by atoms with Crippen LogP contribution in [0.15, 0.2) is 24.8 Å². The van der Waals surface area contributed by atoms with Gasteiger partial charge >= 0.3 is 0 Å². The van der Waals surface area contributed by atoms with Crippen molar-refractivity contribution in [3.63, 3.8) is 0 Å². The molecule has 0 unspecified atom stereocenters. The molecule has 0 saturated carbocycles. The van der Waals surface area contributed by atoms with Crippen LogP contribution in [0.4, 0.5) is 4.39 Å². The Bertz CT molecular complexity index is 372. The molecule has 0 nitrogen and oxygen atoms in total. The molecule has 0 spiro atoms. The van der Waals surface area contributed by atoms with Gasteiger partial charge in [-0.05, 0) is 22.1 Å². The highest BCUT2D eigenvalue weighted by Gasteiger charge is 2.16. The van der Waals surface area contributed by atoms with Gasteiger partial charge in [-0.2, -0.15) is 0 Å². The molecule has 0 atom stereocenters. The molecule has 1 rings (SSSR count). The lowest BCUT2D eigenvalue weighted by atomic mass is 9.83. The Balaban J connectivity index is 3.26. The maximum atomic E-state index is 12.7. The van der Waals surface area contributed by atoms with Crippen LogP contribution in [-0.2, 0) is 5.41 Å². The molecule has 87 valence electrons. The molecule has 0 N–H and O–H groups in total. The second kappa shape index (κ2) is 4.82. The molecule has 0 aromatic heterocycles. The van der Waals surface area contributed by atoms with Crippen molar-refractivity contribution in [3.05, 3.63) is 47.4 Å². The fraction of sp³-hybridized carbons (Fsp3) is 0.400. The zero-order valence-corrected chi connectivity index (χ0v) is 10.6. The lowest BCUT2D eigenvalue weighted by molar-refractivity contribution is 0.515. The highest BCUT2D eigenvalue weighted by atomic mass is 19.1. The van der Waals surface area contributed by atoms with Crippen LogP contribution in [0, 0.1) is 5.92 Å². The van der Waals surface area contributed by atoms with Gasteiger partial charge in [0.05, 0.1) is 6.67 Å². The Hall–Kier alpha value is -1.11. The van der Waals surface area contributed by atoms with Gasteiger partial charge in [-0.25, -0.2) is 0 Å². The van der Waals surface area contributed by atoms with Gasteiger partial charge in [0.15, 0.2) is 0 Å². The Morgan fingerprint density at radius 2 is 1.94 bits per heavy atom.